The van der Waals surface area contributed by atoms with E-state index in [1.807, 2.05) is 24.3 Å². The van der Waals surface area contributed by atoms with Crippen molar-refractivity contribution in [2.75, 3.05) is 0 Å². The van der Waals surface area contributed by atoms with Gasteiger partial charge in [-0.1, -0.05) is 45.0 Å². The number of aromatic nitrogens is 1. The molecule has 2 aromatic rings. The molecule has 1 aromatic heterocycles. The summed E-state index contributed by atoms with van der Waals surface area (Å²) in [6, 6.07) is 7.05. The van der Waals surface area contributed by atoms with E-state index < -0.39 is 17.9 Å². The van der Waals surface area contributed by atoms with Crippen molar-refractivity contribution in [3.05, 3.63) is 52.7 Å². The van der Waals surface area contributed by atoms with Gasteiger partial charge in [-0.15, -0.1) is 0 Å². The largest absolute Gasteiger partial charge is 0.481 e. The van der Waals surface area contributed by atoms with Crippen LogP contribution in [0.3, 0.4) is 0 Å². The van der Waals surface area contributed by atoms with Gasteiger partial charge in [0.05, 0.1) is 18.2 Å². The number of benzene rings is 1. The Bertz CT molecular complexity index is 842. The molecular weight excluding hydrogens is 344 g/mol. The fourth-order valence-electron chi connectivity index (χ4n) is 3.00. The van der Waals surface area contributed by atoms with E-state index in [0.717, 1.165) is 24.0 Å². The number of carbonyl (C=O) groups excluding carboxylic acids is 1. The van der Waals surface area contributed by atoms with Crippen molar-refractivity contribution in [1.82, 2.24) is 10.3 Å². The standard InChI is InChI=1S/C21H26N2O4/c1-12-18(27-20(22-12)14-5-6-14)19(26)23-16(11-17(24)25)13-7-9-15(10-8-13)21(2,3)4/h7-10,14,16H,5-6,11H2,1-4H3,(H,23,26)(H,24,25). The van der Waals surface area contributed by atoms with Crippen molar-refractivity contribution in [1.29, 1.82) is 0 Å². The second-order valence-corrected chi connectivity index (χ2v) is 8.24. The van der Waals surface area contributed by atoms with Crippen LogP contribution < -0.4 is 5.32 Å². The minimum Gasteiger partial charge on any atom is -0.481 e. The number of rotatable bonds is 6. The molecular formula is C21H26N2O4. The fourth-order valence-corrected chi connectivity index (χ4v) is 3.00. The summed E-state index contributed by atoms with van der Waals surface area (Å²) >= 11 is 0. The van der Waals surface area contributed by atoms with E-state index in [2.05, 4.69) is 31.1 Å². The highest BCUT2D eigenvalue weighted by atomic mass is 16.4. The summed E-state index contributed by atoms with van der Waals surface area (Å²) in [7, 11) is 0. The number of aliphatic carboxylic acids is 1. The van der Waals surface area contributed by atoms with E-state index in [0.29, 0.717) is 17.5 Å². The first-order chi connectivity index (χ1) is 12.6. The van der Waals surface area contributed by atoms with Crippen molar-refractivity contribution in [3.8, 4) is 0 Å². The molecule has 0 aliphatic heterocycles. The van der Waals surface area contributed by atoms with E-state index in [1.54, 1.807) is 6.92 Å². The summed E-state index contributed by atoms with van der Waals surface area (Å²) in [6.45, 7) is 8.07. The summed E-state index contributed by atoms with van der Waals surface area (Å²) in [4.78, 5) is 28.3. The molecule has 144 valence electrons. The first-order valence-electron chi connectivity index (χ1n) is 9.25. The van der Waals surface area contributed by atoms with E-state index >= 15 is 0 Å². The Kier molecular flexibility index (Phi) is 5.09. The maximum Gasteiger partial charge on any atom is 0.305 e. The first kappa shape index (κ1) is 19.1. The number of carbonyl (C=O) groups is 2. The summed E-state index contributed by atoms with van der Waals surface area (Å²) in [6.07, 6.45) is 1.86. The number of hydrogen-bond acceptors (Lipinski definition) is 4. The van der Waals surface area contributed by atoms with Gasteiger partial charge in [-0.05, 0) is 36.3 Å². The van der Waals surface area contributed by atoms with Crippen molar-refractivity contribution < 1.29 is 19.1 Å². The highest BCUT2D eigenvalue weighted by molar-refractivity contribution is 5.93. The predicted octanol–water partition coefficient (Wildman–Crippen LogP) is 4.10. The van der Waals surface area contributed by atoms with Crippen molar-refractivity contribution in [3.63, 3.8) is 0 Å². The Hall–Kier alpha value is -2.63. The molecule has 1 saturated carbocycles. The minimum absolute atomic E-state index is 0.000232. The van der Waals surface area contributed by atoms with Gasteiger partial charge < -0.3 is 14.8 Å². The van der Waals surface area contributed by atoms with Gasteiger partial charge in [-0.25, -0.2) is 4.98 Å². The first-order valence-corrected chi connectivity index (χ1v) is 9.25. The lowest BCUT2D eigenvalue weighted by molar-refractivity contribution is -0.137. The van der Waals surface area contributed by atoms with Gasteiger partial charge in [-0.2, -0.15) is 0 Å². The topological polar surface area (TPSA) is 92.4 Å². The summed E-state index contributed by atoms with van der Waals surface area (Å²) in [5, 5.41) is 12.1. The lowest BCUT2D eigenvalue weighted by Gasteiger charge is -2.21. The van der Waals surface area contributed by atoms with Gasteiger partial charge in [0.15, 0.2) is 5.89 Å². The second kappa shape index (κ2) is 7.18. The van der Waals surface area contributed by atoms with Crippen LogP contribution in [-0.4, -0.2) is 22.0 Å². The molecule has 1 aromatic carbocycles. The maximum atomic E-state index is 12.7. The monoisotopic (exact) mass is 370 g/mol. The molecule has 6 heteroatoms. The molecule has 3 rings (SSSR count). The van der Waals surface area contributed by atoms with Crippen LogP contribution in [0.2, 0.25) is 0 Å². The van der Waals surface area contributed by atoms with Crippen molar-refractivity contribution in [2.24, 2.45) is 0 Å². The molecule has 1 amide bonds. The Morgan fingerprint density at radius 1 is 1.26 bits per heavy atom. The van der Waals surface area contributed by atoms with E-state index in [9.17, 15) is 14.7 Å². The van der Waals surface area contributed by atoms with E-state index in [-0.39, 0.29) is 17.6 Å². The Morgan fingerprint density at radius 2 is 1.89 bits per heavy atom. The van der Waals surface area contributed by atoms with Crippen LogP contribution in [0, 0.1) is 6.92 Å². The van der Waals surface area contributed by atoms with Crippen LogP contribution in [0.1, 0.15) is 85.3 Å². The number of hydrogen-bond donors (Lipinski definition) is 2. The number of amides is 1. The lowest BCUT2D eigenvalue weighted by Crippen LogP contribution is -2.30. The van der Waals surface area contributed by atoms with Gasteiger partial charge in [0.1, 0.15) is 0 Å². The third-order valence-electron chi connectivity index (χ3n) is 4.81. The molecule has 6 nitrogen and oxygen atoms in total. The molecule has 0 saturated heterocycles. The highest BCUT2D eigenvalue weighted by Gasteiger charge is 2.31. The molecule has 1 heterocycles. The SMILES string of the molecule is Cc1nc(C2CC2)oc1C(=O)NC(CC(=O)O)c1ccc(C(C)(C)C)cc1. The molecule has 0 radical (unpaired) electrons. The zero-order valence-electron chi connectivity index (χ0n) is 16.2. The zero-order valence-corrected chi connectivity index (χ0v) is 16.2. The molecule has 1 fully saturated rings. The van der Waals surface area contributed by atoms with Crippen molar-refractivity contribution >= 4 is 11.9 Å². The van der Waals surface area contributed by atoms with Gasteiger partial charge in [0.25, 0.3) is 5.91 Å². The molecule has 2 N–H and O–H groups in total. The number of aryl methyl sites for hydroxylation is 1. The third-order valence-corrected chi connectivity index (χ3v) is 4.81. The quantitative estimate of drug-likeness (QED) is 0.798. The molecule has 27 heavy (non-hydrogen) atoms. The molecule has 1 atom stereocenters. The smallest absolute Gasteiger partial charge is 0.305 e. The maximum absolute atomic E-state index is 12.7. The van der Waals surface area contributed by atoms with E-state index in [1.165, 1.54) is 0 Å². The van der Waals surface area contributed by atoms with Crippen LogP contribution in [0.5, 0.6) is 0 Å². The molecule has 1 aliphatic carbocycles. The number of oxazole rings is 1. The fraction of sp³-hybridized carbons (Fsp3) is 0.476. The number of nitrogens with zero attached hydrogens (tertiary/aromatic N) is 1. The van der Waals surface area contributed by atoms with E-state index in [4.69, 9.17) is 4.42 Å². The Labute approximate surface area is 159 Å². The summed E-state index contributed by atoms with van der Waals surface area (Å²) < 4.78 is 5.64. The molecule has 0 spiro atoms. The predicted molar refractivity (Wildman–Crippen MR) is 101 cm³/mol. The molecule has 0 bridgehead atoms. The van der Waals surface area contributed by atoms with Gasteiger partial charge in [0, 0.05) is 5.92 Å². The second-order valence-electron chi connectivity index (χ2n) is 8.24. The van der Waals surface area contributed by atoms with Crippen LogP contribution >= 0.6 is 0 Å². The van der Waals surface area contributed by atoms with Crippen LogP contribution in [-0.2, 0) is 10.2 Å². The third kappa shape index (κ3) is 4.56. The van der Waals surface area contributed by atoms with Crippen LogP contribution in [0.25, 0.3) is 0 Å². The number of nitrogens with one attached hydrogen (secondary N) is 1. The number of carboxylic acids is 1. The summed E-state index contributed by atoms with van der Waals surface area (Å²) in [5.74, 6) is -0.336. The molecule has 1 aliphatic rings. The minimum atomic E-state index is -0.979. The van der Waals surface area contributed by atoms with Gasteiger partial charge in [0.2, 0.25) is 5.76 Å². The Morgan fingerprint density at radius 3 is 2.41 bits per heavy atom. The van der Waals surface area contributed by atoms with Gasteiger partial charge >= 0.3 is 5.97 Å². The molecule has 1 unspecified atom stereocenters. The van der Waals surface area contributed by atoms with Crippen LogP contribution in [0.4, 0.5) is 0 Å². The normalized spacial score (nSPS) is 15.4. The lowest BCUT2D eigenvalue weighted by atomic mass is 9.86. The van der Waals surface area contributed by atoms with Crippen LogP contribution in [0.15, 0.2) is 28.7 Å². The highest BCUT2D eigenvalue weighted by Crippen LogP contribution is 2.40. The van der Waals surface area contributed by atoms with Crippen molar-refractivity contribution in [2.45, 2.75) is 64.3 Å². The zero-order chi connectivity index (χ0) is 19.8. The summed E-state index contributed by atoms with van der Waals surface area (Å²) in [5.41, 5.74) is 2.43. The number of carboxylic acid groups (broad SMARTS) is 1. The van der Waals surface area contributed by atoms with Gasteiger partial charge in [-0.3, -0.25) is 9.59 Å². The average Bonchev–Trinajstić information content (AvgIpc) is 3.35. The average molecular weight is 370 g/mol. The Balaban J connectivity index is 1.80.